The summed E-state index contributed by atoms with van der Waals surface area (Å²) in [5, 5.41) is 4.68. The number of esters is 2. The summed E-state index contributed by atoms with van der Waals surface area (Å²) in [5.74, 6) is -0.651. The monoisotopic (exact) mass is 575 g/mol. The summed E-state index contributed by atoms with van der Waals surface area (Å²) in [6.45, 7) is 0.446. The molecule has 5 rings (SSSR count). The van der Waals surface area contributed by atoms with Crippen molar-refractivity contribution in [2.45, 2.75) is 6.54 Å². The zero-order valence-electron chi connectivity index (χ0n) is 22.4. The standard InChI is InChI=1S/C19H18N2O4.C11H8ClNO3/c1-24-13-9-7-12(8-10-13)11-20-17-14-5-3-4-6-15(14)21-18(22)16(17)19(23)25-2;1-16-11(15)8-9(12)6-4-2-3-5-7(6)13-10(8)14/h3-10H,11H2,1-2H3,(H2,20,21,22);2-5H,1H3,(H,13,14). The third kappa shape index (κ3) is 6.23. The lowest BCUT2D eigenvalue weighted by Gasteiger charge is -2.13. The van der Waals surface area contributed by atoms with Gasteiger partial charge in [0.1, 0.15) is 16.9 Å². The van der Waals surface area contributed by atoms with Crippen LogP contribution in [0.4, 0.5) is 5.69 Å². The Morgan fingerprint density at radius 1 is 0.732 bits per heavy atom. The second kappa shape index (κ2) is 12.8. The van der Waals surface area contributed by atoms with E-state index < -0.39 is 23.1 Å². The first-order valence-corrected chi connectivity index (χ1v) is 12.7. The number of aromatic amines is 2. The molecule has 10 nitrogen and oxygen atoms in total. The lowest BCUT2D eigenvalue weighted by atomic mass is 10.1. The number of anilines is 1. The van der Waals surface area contributed by atoms with Crippen LogP contribution in [0.5, 0.6) is 5.75 Å². The Hall–Kier alpha value is -5.09. The molecule has 0 bridgehead atoms. The van der Waals surface area contributed by atoms with Crippen molar-refractivity contribution in [2.24, 2.45) is 0 Å². The molecule has 5 aromatic rings. The van der Waals surface area contributed by atoms with Gasteiger partial charge in [-0.1, -0.05) is 60.1 Å². The summed E-state index contributed by atoms with van der Waals surface area (Å²) >= 11 is 6.00. The molecule has 3 aromatic carbocycles. The van der Waals surface area contributed by atoms with Crippen LogP contribution in [0, 0.1) is 0 Å². The molecule has 11 heteroatoms. The third-order valence-corrected chi connectivity index (χ3v) is 6.58. The van der Waals surface area contributed by atoms with Crippen molar-refractivity contribution in [2.75, 3.05) is 26.6 Å². The maximum absolute atomic E-state index is 12.3. The van der Waals surface area contributed by atoms with Gasteiger partial charge >= 0.3 is 11.9 Å². The number of aromatic nitrogens is 2. The number of halogens is 1. The van der Waals surface area contributed by atoms with E-state index in [-0.39, 0.29) is 16.1 Å². The molecule has 0 saturated heterocycles. The molecule has 2 heterocycles. The second-order valence-corrected chi connectivity index (χ2v) is 9.00. The zero-order valence-corrected chi connectivity index (χ0v) is 23.1. The Balaban J connectivity index is 0.000000208. The van der Waals surface area contributed by atoms with Gasteiger partial charge in [-0.15, -0.1) is 0 Å². The van der Waals surface area contributed by atoms with Crippen LogP contribution >= 0.6 is 11.6 Å². The maximum atomic E-state index is 12.3. The molecule has 0 aliphatic carbocycles. The number of carbonyl (C=O) groups is 2. The van der Waals surface area contributed by atoms with Gasteiger partial charge in [-0.25, -0.2) is 9.59 Å². The lowest BCUT2D eigenvalue weighted by molar-refractivity contribution is 0.0590. The first-order valence-electron chi connectivity index (χ1n) is 12.3. The minimum Gasteiger partial charge on any atom is -0.497 e. The van der Waals surface area contributed by atoms with Crippen molar-refractivity contribution in [3.63, 3.8) is 0 Å². The van der Waals surface area contributed by atoms with E-state index >= 15 is 0 Å². The molecule has 0 spiro atoms. The lowest BCUT2D eigenvalue weighted by Crippen LogP contribution is -2.22. The van der Waals surface area contributed by atoms with Crippen molar-refractivity contribution in [3.05, 3.63) is 115 Å². The Kier molecular flexibility index (Phi) is 9.05. The number of fused-ring (bicyclic) bond motifs is 2. The normalized spacial score (nSPS) is 10.4. The Labute approximate surface area is 238 Å². The molecule has 0 radical (unpaired) electrons. The molecular formula is C30H26ClN3O7. The molecule has 0 saturated carbocycles. The van der Waals surface area contributed by atoms with Crippen molar-refractivity contribution >= 4 is 51.0 Å². The SMILES string of the molecule is COC(=O)c1c(Cl)c2ccccc2[nH]c1=O.COC(=O)c1c(NCc2ccc(OC)cc2)c2ccccc2[nH]c1=O. The number of para-hydroxylation sites is 2. The van der Waals surface area contributed by atoms with Crippen LogP contribution in [0.15, 0.2) is 82.4 Å². The fourth-order valence-corrected chi connectivity index (χ4v) is 4.47. The van der Waals surface area contributed by atoms with Gasteiger partial charge in [0.15, 0.2) is 0 Å². The molecule has 0 amide bonds. The average molecular weight is 576 g/mol. The predicted octanol–water partition coefficient (Wildman–Crippen LogP) is 4.90. The minimum absolute atomic E-state index is 0.0327. The van der Waals surface area contributed by atoms with Crippen LogP contribution < -0.4 is 21.2 Å². The second-order valence-electron chi connectivity index (χ2n) is 8.62. The highest BCUT2D eigenvalue weighted by molar-refractivity contribution is 6.38. The Morgan fingerprint density at radius 2 is 1.24 bits per heavy atom. The number of H-pyrrole nitrogens is 2. The van der Waals surface area contributed by atoms with Crippen molar-refractivity contribution in [3.8, 4) is 5.75 Å². The summed E-state index contributed by atoms with van der Waals surface area (Å²) in [5.41, 5.74) is 1.46. The van der Waals surface area contributed by atoms with Crippen molar-refractivity contribution < 1.29 is 23.8 Å². The zero-order chi connectivity index (χ0) is 29.5. The number of hydrogen-bond donors (Lipinski definition) is 3. The number of methoxy groups -OCH3 is 3. The van der Waals surface area contributed by atoms with E-state index in [1.807, 2.05) is 42.5 Å². The molecule has 210 valence electrons. The van der Waals surface area contributed by atoms with Crippen LogP contribution in [0.2, 0.25) is 5.02 Å². The Morgan fingerprint density at radius 3 is 1.83 bits per heavy atom. The van der Waals surface area contributed by atoms with Gasteiger partial charge in [0.2, 0.25) is 0 Å². The molecule has 0 aliphatic heterocycles. The maximum Gasteiger partial charge on any atom is 0.345 e. The number of rotatable bonds is 6. The number of pyridine rings is 2. The third-order valence-electron chi connectivity index (χ3n) is 6.19. The van der Waals surface area contributed by atoms with Crippen molar-refractivity contribution in [1.29, 1.82) is 0 Å². The van der Waals surface area contributed by atoms with Crippen LogP contribution in [-0.2, 0) is 16.0 Å². The molecule has 0 fully saturated rings. The van der Waals surface area contributed by atoms with Crippen molar-refractivity contribution in [1.82, 2.24) is 9.97 Å². The highest BCUT2D eigenvalue weighted by Gasteiger charge is 2.20. The number of carbonyl (C=O) groups excluding carboxylic acids is 2. The summed E-state index contributed by atoms with van der Waals surface area (Å²) < 4.78 is 14.4. The van der Waals surface area contributed by atoms with Crippen LogP contribution in [0.1, 0.15) is 26.3 Å². The summed E-state index contributed by atoms with van der Waals surface area (Å²) in [6, 6.07) is 21.8. The van der Waals surface area contributed by atoms with Crippen LogP contribution in [0.25, 0.3) is 21.8 Å². The smallest absolute Gasteiger partial charge is 0.345 e. The molecule has 41 heavy (non-hydrogen) atoms. The minimum atomic E-state index is -0.739. The van der Waals surface area contributed by atoms with Crippen LogP contribution in [-0.4, -0.2) is 43.2 Å². The topological polar surface area (TPSA) is 140 Å². The molecule has 0 unspecified atom stereocenters. The van der Waals surface area contributed by atoms with E-state index in [4.69, 9.17) is 21.1 Å². The fourth-order valence-electron chi connectivity index (χ4n) is 4.14. The van der Waals surface area contributed by atoms with E-state index in [2.05, 4.69) is 20.0 Å². The summed E-state index contributed by atoms with van der Waals surface area (Å²) in [6.07, 6.45) is 0. The average Bonchev–Trinajstić information content (AvgIpc) is 2.99. The first-order chi connectivity index (χ1) is 19.8. The molecule has 0 atom stereocenters. The van der Waals surface area contributed by atoms with Gasteiger partial charge in [0.05, 0.1) is 37.6 Å². The van der Waals surface area contributed by atoms with E-state index in [1.54, 1.807) is 37.4 Å². The fraction of sp³-hybridized carbons (Fsp3) is 0.133. The summed E-state index contributed by atoms with van der Waals surface area (Å²) in [7, 11) is 4.07. The number of ether oxygens (including phenoxy) is 3. The van der Waals surface area contributed by atoms with Crippen LogP contribution in [0.3, 0.4) is 0 Å². The summed E-state index contributed by atoms with van der Waals surface area (Å²) in [4.78, 5) is 52.7. The molecule has 2 aromatic heterocycles. The Bertz CT molecular complexity index is 1850. The van der Waals surface area contributed by atoms with E-state index in [9.17, 15) is 19.2 Å². The highest BCUT2D eigenvalue weighted by atomic mass is 35.5. The number of hydrogen-bond acceptors (Lipinski definition) is 8. The van der Waals surface area contributed by atoms with Gasteiger partial charge in [-0.3, -0.25) is 9.59 Å². The van der Waals surface area contributed by atoms with E-state index in [0.29, 0.717) is 28.7 Å². The van der Waals surface area contributed by atoms with Gasteiger partial charge in [0.25, 0.3) is 11.1 Å². The highest BCUT2D eigenvalue weighted by Crippen LogP contribution is 2.25. The number of benzene rings is 3. The largest absolute Gasteiger partial charge is 0.497 e. The van der Waals surface area contributed by atoms with Gasteiger partial charge in [0, 0.05) is 22.8 Å². The van der Waals surface area contributed by atoms with Gasteiger partial charge in [-0.2, -0.15) is 0 Å². The molecule has 3 N–H and O–H groups in total. The predicted molar refractivity (Wildman–Crippen MR) is 157 cm³/mol. The quantitative estimate of drug-likeness (QED) is 0.243. The molecule has 0 aliphatic rings. The van der Waals surface area contributed by atoms with E-state index in [1.165, 1.54) is 14.2 Å². The van der Waals surface area contributed by atoms with Gasteiger partial charge in [-0.05, 0) is 29.8 Å². The number of nitrogens with one attached hydrogen (secondary N) is 3. The van der Waals surface area contributed by atoms with E-state index in [0.717, 1.165) is 16.7 Å². The molecular weight excluding hydrogens is 550 g/mol. The van der Waals surface area contributed by atoms with Gasteiger partial charge < -0.3 is 29.5 Å². The first kappa shape index (κ1) is 28.9.